The number of ether oxygens (including phenoxy) is 2. The summed E-state index contributed by atoms with van der Waals surface area (Å²) in [5.74, 6) is 0. The molecule has 35 heavy (non-hydrogen) atoms. The maximum atomic E-state index is 11.3. The third kappa shape index (κ3) is 23.4. The second kappa shape index (κ2) is 27.8. The van der Waals surface area contributed by atoms with Crippen LogP contribution in [0.25, 0.3) is 0 Å². The minimum absolute atomic E-state index is 0.321. The fraction of sp³-hybridized carbons (Fsp3) is 0.935. The van der Waals surface area contributed by atoms with Gasteiger partial charge in [0.25, 0.3) is 0 Å². The van der Waals surface area contributed by atoms with Gasteiger partial charge >= 0.3 is 0 Å². The van der Waals surface area contributed by atoms with Gasteiger partial charge in [-0.1, -0.05) is 129 Å². The van der Waals surface area contributed by atoms with Gasteiger partial charge in [0.15, 0.2) is 0 Å². The summed E-state index contributed by atoms with van der Waals surface area (Å²) >= 11 is 0. The van der Waals surface area contributed by atoms with Gasteiger partial charge < -0.3 is 19.1 Å². The van der Waals surface area contributed by atoms with Gasteiger partial charge in [0.2, 0.25) is 0 Å². The SMILES string of the molecule is CCCCCCCCCCCCOCC(CC=O)(CC=O)COCCCCCCCCCCCC. The third-order valence-corrected chi connectivity index (χ3v) is 7.13. The minimum atomic E-state index is -0.500. The quantitative estimate of drug-likeness (QED) is 0.0735. The lowest BCUT2D eigenvalue weighted by atomic mass is 9.83. The lowest BCUT2D eigenvalue weighted by molar-refractivity contribution is -0.118. The molecule has 0 fully saturated rings. The van der Waals surface area contributed by atoms with E-state index in [1.807, 2.05) is 0 Å². The smallest absolute Gasteiger partial charge is 0.120 e. The number of unbranched alkanes of at least 4 members (excludes halogenated alkanes) is 18. The van der Waals surface area contributed by atoms with Gasteiger partial charge in [0.05, 0.1) is 13.2 Å². The maximum absolute atomic E-state index is 11.3. The molecule has 4 nitrogen and oxygen atoms in total. The average molecular weight is 497 g/mol. The number of carbonyl (C=O) groups excluding carboxylic acids is 2. The first-order chi connectivity index (χ1) is 17.2. The molecule has 0 atom stereocenters. The fourth-order valence-corrected chi connectivity index (χ4v) is 4.67. The molecule has 0 spiro atoms. The Bertz CT molecular complexity index is 398. The molecule has 0 N–H and O–H groups in total. The van der Waals surface area contributed by atoms with Crippen molar-refractivity contribution >= 4 is 12.6 Å². The van der Waals surface area contributed by atoms with Gasteiger partial charge in [-0.25, -0.2) is 0 Å². The molecule has 0 aromatic carbocycles. The molecular weight excluding hydrogens is 436 g/mol. The highest BCUT2D eigenvalue weighted by Gasteiger charge is 2.30. The molecule has 0 saturated carbocycles. The molecule has 0 amide bonds. The zero-order valence-electron chi connectivity index (χ0n) is 23.7. The predicted molar refractivity (Wildman–Crippen MR) is 149 cm³/mol. The van der Waals surface area contributed by atoms with Crippen LogP contribution in [0.4, 0.5) is 0 Å². The van der Waals surface area contributed by atoms with Crippen molar-refractivity contribution in [1.29, 1.82) is 0 Å². The first kappa shape index (κ1) is 34.3. The molecule has 0 aliphatic heterocycles. The standard InChI is InChI=1S/C31H60O4/c1-3-5-7-9-11-13-15-17-19-21-27-34-29-31(23-25-32,24-26-33)30-35-28-22-20-18-16-14-12-10-8-6-4-2/h25-26H,3-24,27-30H2,1-2H3. The summed E-state index contributed by atoms with van der Waals surface area (Å²) in [4.78, 5) is 22.6. The molecule has 0 bridgehead atoms. The first-order valence-corrected chi connectivity index (χ1v) is 15.3. The zero-order valence-corrected chi connectivity index (χ0v) is 23.7. The van der Waals surface area contributed by atoms with Crippen LogP contribution < -0.4 is 0 Å². The van der Waals surface area contributed by atoms with Crippen molar-refractivity contribution in [3.63, 3.8) is 0 Å². The Labute approximate surface area is 218 Å². The monoisotopic (exact) mass is 496 g/mol. The summed E-state index contributed by atoms with van der Waals surface area (Å²) in [6.45, 7) is 6.79. The molecule has 0 unspecified atom stereocenters. The number of hydrogen-bond donors (Lipinski definition) is 0. The van der Waals surface area contributed by atoms with E-state index in [2.05, 4.69) is 13.8 Å². The zero-order chi connectivity index (χ0) is 25.7. The molecule has 0 aliphatic rings. The van der Waals surface area contributed by atoms with Gasteiger partial charge in [-0.3, -0.25) is 0 Å². The Morgan fingerprint density at radius 1 is 0.457 bits per heavy atom. The highest BCUT2D eigenvalue weighted by Crippen LogP contribution is 2.26. The predicted octanol–water partition coefficient (Wildman–Crippen LogP) is 9.03. The van der Waals surface area contributed by atoms with Crippen molar-refractivity contribution in [3.05, 3.63) is 0 Å². The van der Waals surface area contributed by atoms with Crippen LogP contribution in [0.15, 0.2) is 0 Å². The fourth-order valence-electron chi connectivity index (χ4n) is 4.67. The van der Waals surface area contributed by atoms with Crippen LogP contribution in [0.1, 0.15) is 155 Å². The van der Waals surface area contributed by atoms with Crippen LogP contribution in [0.2, 0.25) is 0 Å². The summed E-state index contributed by atoms with van der Waals surface area (Å²) in [6.07, 6.45) is 28.5. The van der Waals surface area contributed by atoms with Crippen LogP contribution in [0, 0.1) is 5.41 Å². The normalized spacial score (nSPS) is 11.7. The summed E-state index contributed by atoms with van der Waals surface area (Å²) in [5, 5.41) is 0. The Morgan fingerprint density at radius 3 is 1.03 bits per heavy atom. The highest BCUT2D eigenvalue weighted by atomic mass is 16.5. The molecular formula is C31H60O4. The van der Waals surface area contributed by atoms with E-state index < -0.39 is 5.41 Å². The minimum Gasteiger partial charge on any atom is -0.381 e. The topological polar surface area (TPSA) is 52.6 Å². The van der Waals surface area contributed by atoms with E-state index in [4.69, 9.17) is 9.47 Å². The van der Waals surface area contributed by atoms with Crippen molar-refractivity contribution in [1.82, 2.24) is 0 Å². The Balaban J connectivity index is 3.86. The van der Waals surface area contributed by atoms with Gasteiger partial charge in [0, 0.05) is 31.5 Å². The van der Waals surface area contributed by atoms with Gasteiger partial charge in [-0.2, -0.15) is 0 Å². The van der Waals surface area contributed by atoms with Crippen LogP contribution >= 0.6 is 0 Å². The van der Waals surface area contributed by atoms with Crippen LogP contribution in [0.3, 0.4) is 0 Å². The second-order valence-corrected chi connectivity index (χ2v) is 10.7. The lowest BCUT2D eigenvalue weighted by Gasteiger charge is -2.30. The van der Waals surface area contributed by atoms with E-state index in [-0.39, 0.29) is 0 Å². The summed E-state index contributed by atoms with van der Waals surface area (Å²) in [6, 6.07) is 0. The van der Waals surface area contributed by atoms with Crippen LogP contribution in [-0.2, 0) is 19.1 Å². The van der Waals surface area contributed by atoms with Crippen molar-refractivity contribution < 1.29 is 19.1 Å². The van der Waals surface area contributed by atoms with E-state index in [9.17, 15) is 9.59 Å². The van der Waals surface area contributed by atoms with E-state index in [1.54, 1.807) is 0 Å². The molecule has 208 valence electrons. The summed E-state index contributed by atoms with van der Waals surface area (Å²) in [5.41, 5.74) is -0.500. The second-order valence-electron chi connectivity index (χ2n) is 10.7. The number of hydrogen-bond acceptors (Lipinski definition) is 4. The molecule has 0 heterocycles. The van der Waals surface area contributed by atoms with Gasteiger partial charge in [-0.15, -0.1) is 0 Å². The summed E-state index contributed by atoms with van der Waals surface area (Å²) < 4.78 is 11.9. The molecule has 4 heteroatoms. The first-order valence-electron chi connectivity index (χ1n) is 15.3. The van der Waals surface area contributed by atoms with E-state index in [0.29, 0.717) is 39.3 Å². The summed E-state index contributed by atoms with van der Waals surface area (Å²) in [7, 11) is 0. The Kier molecular flexibility index (Phi) is 27.3. The number of rotatable bonds is 30. The van der Waals surface area contributed by atoms with E-state index in [0.717, 1.165) is 25.4 Å². The van der Waals surface area contributed by atoms with Crippen LogP contribution in [-0.4, -0.2) is 39.0 Å². The molecule has 0 aromatic heterocycles. The van der Waals surface area contributed by atoms with Gasteiger partial charge in [-0.05, 0) is 12.8 Å². The Morgan fingerprint density at radius 2 is 0.743 bits per heavy atom. The Hall–Kier alpha value is -0.740. The van der Waals surface area contributed by atoms with E-state index in [1.165, 1.54) is 116 Å². The molecule has 0 saturated heterocycles. The number of aldehydes is 2. The van der Waals surface area contributed by atoms with Crippen molar-refractivity contribution in [2.24, 2.45) is 5.41 Å². The van der Waals surface area contributed by atoms with E-state index >= 15 is 0 Å². The van der Waals surface area contributed by atoms with Crippen molar-refractivity contribution in [2.75, 3.05) is 26.4 Å². The molecule has 0 aliphatic carbocycles. The largest absolute Gasteiger partial charge is 0.381 e. The maximum Gasteiger partial charge on any atom is 0.120 e. The van der Waals surface area contributed by atoms with Crippen molar-refractivity contribution in [3.8, 4) is 0 Å². The van der Waals surface area contributed by atoms with Crippen LogP contribution in [0.5, 0.6) is 0 Å². The molecule has 0 radical (unpaired) electrons. The molecule has 0 rings (SSSR count). The highest BCUT2D eigenvalue weighted by molar-refractivity contribution is 5.56. The lowest BCUT2D eigenvalue weighted by Crippen LogP contribution is -2.34. The van der Waals surface area contributed by atoms with Gasteiger partial charge in [0.1, 0.15) is 12.6 Å². The molecule has 0 aromatic rings. The average Bonchev–Trinajstić information content (AvgIpc) is 2.85. The third-order valence-electron chi connectivity index (χ3n) is 7.13. The van der Waals surface area contributed by atoms with Crippen molar-refractivity contribution in [2.45, 2.75) is 155 Å². The number of carbonyl (C=O) groups is 2.